The lowest BCUT2D eigenvalue weighted by atomic mass is 9.60. The van der Waals surface area contributed by atoms with E-state index < -0.39 is 11.0 Å². The van der Waals surface area contributed by atoms with Crippen molar-refractivity contribution in [3.8, 4) is 0 Å². The van der Waals surface area contributed by atoms with E-state index in [1.54, 1.807) is 6.07 Å². The molecule has 0 aliphatic heterocycles. The van der Waals surface area contributed by atoms with E-state index in [0.29, 0.717) is 12.5 Å². The molecular formula is C23H32FNO2. The smallest absolute Gasteiger partial charge is 0.317 e. The zero-order chi connectivity index (χ0) is 19.5. The number of esters is 1. The standard InChI is InChI=1S/C23H32FNO2/c1-3-17-16-22(2,20(17)11-14-25)27-21(26)23(12-6-4-5-7-13-23)18-9-8-10-19(24)15-18/h3,8-10,15,17,20H,1,4-7,11-14,16,25H2,2H3/t17?,20?,22-/m0/s1. The van der Waals surface area contributed by atoms with Crippen LogP contribution < -0.4 is 5.73 Å². The fraction of sp³-hybridized carbons (Fsp3) is 0.609. The number of benzene rings is 1. The third-order valence-electron chi connectivity index (χ3n) is 6.77. The average Bonchev–Trinajstić information content (AvgIpc) is 2.91. The number of hydrogen-bond acceptors (Lipinski definition) is 3. The molecule has 0 spiro atoms. The number of allylic oxidation sites excluding steroid dienone is 1. The first-order valence-electron chi connectivity index (χ1n) is 10.3. The first kappa shape index (κ1) is 20.1. The predicted octanol–water partition coefficient (Wildman–Crippen LogP) is 4.89. The van der Waals surface area contributed by atoms with Gasteiger partial charge in [-0.2, -0.15) is 0 Å². The van der Waals surface area contributed by atoms with Crippen molar-refractivity contribution in [3.63, 3.8) is 0 Å². The molecule has 27 heavy (non-hydrogen) atoms. The van der Waals surface area contributed by atoms with Crippen molar-refractivity contribution in [2.45, 2.75) is 69.3 Å². The first-order valence-corrected chi connectivity index (χ1v) is 10.3. The number of ether oxygens (including phenoxy) is 1. The Morgan fingerprint density at radius 2 is 2.04 bits per heavy atom. The van der Waals surface area contributed by atoms with E-state index in [0.717, 1.165) is 56.9 Å². The van der Waals surface area contributed by atoms with Crippen molar-refractivity contribution in [1.29, 1.82) is 0 Å². The van der Waals surface area contributed by atoms with Crippen LogP contribution in [0, 0.1) is 17.7 Å². The lowest BCUT2D eigenvalue weighted by molar-refractivity contribution is -0.194. The molecule has 0 heterocycles. The molecule has 2 N–H and O–H groups in total. The molecule has 3 nitrogen and oxygen atoms in total. The highest BCUT2D eigenvalue weighted by Crippen LogP contribution is 2.51. The van der Waals surface area contributed by atoms with E-state index in [9.17, 15) is 9.18 Å². The number of hydrogen-bond donors (Lipinski definition) is 1. The molecule has 0 amide bonds. The van der Waals surface area contributed by atoms with Crippen LogP contribution >= 0.6 is 0 Å². The molecule has 4 heteroatoms. The minimum absolute atomic E-state index is 0.193. The number of nitrogens with two attached hydrogens (primary N) is 1. The van der Waals surface area contributed by atoms with Crippen LogP contribution in [0.15, 0.2) is 36.9 Å². The van der Waals surface area contributed by atoms with Crippen LogP contribution in [0.25, 0.3) is 0 Å². The van der Waals surface area contributed by atoms with E-state index in [4.69, 9.17) is 10.5 Å². The van der Waals surface area contributed by atoms with Crippen molar-refractivity contribution < 1.29 is 13.9 Å². The van der Waals surface area contributed by atoms with Gasteiger partial charge in [-0.1, -0.05) is 43.9 Å². The SMILES string of the molecule is C=CC1C[C@](C)(OC(=O)C2(c3cccc(F)c3)CCCCCC2)C1CCN. The Balaban J connectivity index is 1.89. The molecule has 1 aromatic carbocycles. The summed E-state index contributed by atoms with van der Waals surface area (Å²) >= 11 is 0. The zero-order valence-electron chi connectivity index (χ0n) is 16.4. The van der Waals surface area contributed by atoms with Crippen LogP contribution in [-0.2, 0) is 14.9 Å². The van der Waals surface area contributed by atoms with Gasteiger partial charge >= 0.3 is 5.97 Å². The van der Waals surface area contributed by atoms with Gasteiger partial charge in [-0.15, -0.1) is 6.58 Å². The van der Waals surface area contributed by atoms with Gasteiger partial charge < -0.3 is 10.5 Å². The number of carbonyl (C=O) groups is 1. The predicted molar refractivity (Wildman–Crippen MR) is 106 cm³/mol. The molecular weight excluding hydrogens is 341 g/mol. The molecule has 2 aliphatic rings. The summed E-state index contributed by atoms with van der Waals surface area (Å²) in [5.41, 5.74) is 5.29. The van der Waals surface area contributed by atoms with Gasteiger partial charge in [0.05, 0.1) is 5.41 Å². The van der Waals surface area contributed by atoms with Gasteiger partial charge in [0.15, 0.2) is 0 Å². The van der Waals surface area contributed by atoms with Crippen molar-refractivity contribution in [2.75, 3.05) is 6.54 Å². The molecule has 3 rings (SSSR count). The van der Waals surface area contributed by atoms with Gasteiger partial charge in [-0.25, -0.2) is 4.39 Å². The summed E-state index contributed by atoms with van der Waals surface area (Å²) in [6.45, 7) is 6.49. The highest BCUT2D eigenvalue weighted by atomic mass is 19.1. The van der Waals surface area contributed by atoms with Crippen LogP contribution in [-0.4, -0.2) is 18.1 Å². The number of halogens is 1. The average molecular weight is 374 g/mol. The molecule has 0 bridgehead atoms. The normalized spacial score (nSPS) is 30.0. The quantitative estimate of drug-likeness (QED) is 0.439. The molecule has 3 atom stereocenters. The van der Waals surface area contributed by atoms with E-state index in [1.165, 1.54) is 12.1 Å². The Bertz CT molecular complexity index is 681. The van der Waals surface area contributed by atoms with Gasteiger partial charge in [0.2, 0.25) is 0 Å². The number of carbonyl (C=O) groups excluding carboxylic acids is 1. The fourth-order valence-corrected chi connectivity index (χ4v) is 5.16. The van der Waals surface area contributed by atoms with E-state index >= 15 is 0 Å². The monoisotopic (exact) mass is 373 g/mol. The molecule has 2 unspecified atom stereocenters. The summed E-state index contributed by atoms with van der Waals surface area (Å²) in [5, 5.41) is 0. The second kappa shape index (κ2) is 8.14. The summed E-state index contributed by atoms with van der Waals surface area (Å²) in [7, 11) is 0. The minimum atomic E-state index is -0.742. The highest BCUT2D eigenvalue weighted by molar-refractivity contribution is 5.83. The van der Waals surface area contributed by atoms with Crippen molar-refractivity contribution >= 4 is 5.97 Å². The van der Waals surface area contributed by atoms with Gasteiger partial charge in [0.1, 0.15) is 11.4 Å². The summed E-state index contributed by atoms with van der Waals surface area (Å²) in [6, 6.07) is 6.52. The van der Waals surface area contributed by atoms with Crippen molar-refractivity contribution in [2.24, 2.45) is 17.6 Å². The summed E-state index contributed by atoms with van der Waals surface area (Å²) in [5.74, 6) is 0.0541. The Kier molecular flexibility index (Phi) is 6.05. The van der Waals surface area contributed by atoms with Gasteiger partial charge in [0, 0.05) is 5.92 Å². The molecule has 0 aromatic heterocycles. The maximum absolute atomic E-state index is 14.0. The first-order chi connectivity index (χ1) is 12.9. The third-order valence-corrected chi connectivity index (χ3v) is 6.77. The molecule has 0 saturated heterocycles. The maximum Gasteiger partial charge on any atom is 0.317 e. The van der Waals surface area contributed by atoms with Crippen LogP contribution in [0.1, 0.15) is 63.9 Å². The zero-order valence-corrected chi connectivity index (χ0v) is 16.4. The Hall–Kier alpha value is -1.68. The lowest BCUT2D eigenvalue weighted by Crippen LogP contribution is -2.56. The van der Waals surface area contributed by atoms with Crippen LogP contribution in [0.5, 0.6) is 0 Å². The number of rotatable bonds is 6. The Morgan fingerprint density at radius 3 is 2.63 bits per heavy atom. The molecule has 2 fully saturated rings. The molecule has 2 saturated carbocycles. The van der Waals surface area contributed by atoms with Crippen LogP contribution in [0.2, 0.25) is 0 Å². The summed E-state index contributed by atoms with van der Waals surface area (Å²) in [4.78, 5) is 13.5. The lowest BCUT2D eigenvalue weighted by Gasteiger charge is -2.52. The molecule has 0 radical (unpaired) electrons. The Labute approximate surface area is 162 Å². The summed E-state index contributed by atoms with van der Waals surface area (Å²) < 4.78 is 20.2. The second-order valence-electron chi connectivity index (χ2n) is 8.50. The highest BCUT2D eigenvalue weighted by Gasteiger charge is 2.54. The van der Waals surface area contributed by atoms with Crippen molar-refractivity contribution in [3.05, 3.63) is 48.3 Å². The van der Waals surface area contributed by atoms with Gasteiger partial charge in [-0.05, 0) is 62.8 Å². The molecule has 148 valence electrons. The van der Waals surface area contributed by atoms with Crippen molar-refractivity contribution in [1.82, 2.24) is 0 Å². The van der Waals surface area contributed by atoms with E-state index in [1.807, 2.05) is 19.1 Å². The third kappa shape index (κ3) is 3.82. The second-order valence-corrected chi connectivity index (χ2v) is 8.50. The molecule has 1 aromatic rings. The fourth-order valence-electron chi connectivity index (χ4n) is 5.16. The maximum atomic E-state index is 14.0. The van der Waals surface area contributed by atoms with Gasteiger partial charge in [0.25, 0.3) is 0 Å². The van der Waals surface area contributed by atoms with Gasteiger partial charge in [-0.3, -0.25) is 4.79 Å². The molecule has 2 aliphatic carbocycles. The largest absolute Gasteiger partial charge is 0.458 e. The summed E-state index contributed by atoms with van der Waals surface area (Å²) in [6.07, 6.45) is 9.12. The topological polar surface area (TPSA) is 52.3 Å². The van der Waals surface area contributed by atoms with Crippen LogP contribution in [0.4, 0.5) is 4.39 Å². The minimum Gasteiger partial charge on any atom is -0.458 e. The van der Waals surface area contributed by atoms with Crippen LogP contribution in [0.3, 0.4) is 0 Å². The van der Waals surface area contributed by atoms with E-state index in [-0.39, 0.29) is 17.7 Å². The Morgan fingerprint density at radius 1 is 1.33 bits per heavy atom. The van der Waals surface area contributed by atoms with E-state index in [2.05, 4.69) is 6.58 Å².